The van der Waals surface area contributed by atoms with E-state index in [4.69, 9.17) is 21.3 Å². The number of alkyl halides is 2. The van der Waals surface area contributed by atoms with Crippen LogP contribution in [0.4, 0.5) is 18.0 Å². The summed E-state index contributed by atoms with van der Waals surface area (Å²) in [6.07, 6.45) is 2.41. The van der Waals surface area contributed by atoms with Crippen LogP contribution in [-0.2, 0) is 4.74 Å². The summed E-state index contributed by atoms with van der Waals surface area (Å²) in [6, 6.07) is 4.59. The molecule has 6 rings (SSSR count). The molecule has 36 heavy (non-hydrogen) atoms. The fourth-order valence-corrected chi connectivity index (χ4v) is 5.67. The number of ether oxygens (including phenoxy) is 1. The highest BCUT2D eigenvalue weighted by atomic mass is 35.5. The number of hydrogen-bond acceptors (Lipinski definition) is 7. The molecule has 1 aromatic carbocycles. The number of carbonyl (C=O) groups excluding carboxylic acids is 1. The summed E-state index contributed by atoms with van der Waals surface area (Å²) < 4.78 is 46.5. The number of nitrogens with one attached hydrogen (secondary N) is 1. The molecule has 0 aliphatic carbocycles. The van der Waals surface area contributed by atoms with Crippen molar-refractivity contribution in [3.8, 4) is 0 Å². The maximum absolute atomic E-state index is 13.9. The van der Waals surface area contributed by atoms with E-state index in [9.17, 15) is 18.0 Å². The molecular formula is C23H16ClF3N6O2S. The zero-order valence-corrected chi connectivity index (χ0v) is 19.9. The number of amidine groups is 1. The lowest BCUT2D eigenvalue weighted by atomic mass is 9.89. The van der Waals surface area contributed by atoms with Crippen molar-refractivity contribution in [2.45, 2.75) is 24.6 Å². The van der Waals surface area contributed by atoms with Crippen LogP contribution < -0.4 is 5.32 Å². The molecule has 1 amide bonds. The largest absolute Gasteiger partial charge is 0.413 e. The van der Waals surface area contributed by atoms with Crippen LogP contribution in [0.25, 0.3) is 5.57 Å². The number of carbonyl (C=O) groups is 1. The van der Waals surface area contributed by atoms with Crippen molar-refractivity contribution < 1.29 is 22.7 Å². The predicted octanol–water partition coefficient (Wildman–Crippen LogP) is 5.14. The number of aliphatic imine (C=N–C) groups is 1. The van der Waals surface area contributed by atoms with Crippen molar-refractivity contribution in [2.75, 3.05) is 6.54 Å². The molecule has 2 fully saturated rings. The Morgan fingerprint density at radius 2 is 2.17 bits per heavy atom. The van der Waals surface area contributed by atoms with Gasteiger partial charge in [-0.25, -0.2) is 18.9 Å². The summed E-state index contributed by atoms with van der Waals surface area (Å²) in [5.41, 5.74) is 0.895. The van der Waals surface area contributed by atoms with Crippen LogP contribution in [0, 0.1) is 5.82 Å². The van der Waals surface area contributed by atoms with E-state index >= 15 is 0 Å². The first-order chi connectivity index (χ1) is 17.3. The number of nitrogens with zero attached hydrogens (tertiary/aromatic N) is 5. The minimum absolute atomic E-state index is 0.122. The summed E-state index contributed by atoms with van der Waals surface area (Å²) in [7, 11) is 0. The average Bonchev–Trinajstić information content (AvgIpc) is 3.60. The van der Waals surface area contributed by atoms with Crippen molar-refractivity contribution >= 4 is 40.4 Å². The van der Waals surface area contributed by atoms with E-state index < -0.39 is 30.0 Å². The Bertz CT molecular complexity index is 1470. The quantitative estimate of drug-likeness (QED) is 0.503. The zero-order chi connectivity index (χ0) is 25.2. The average molecular weight is 533 g/mol. The van der Waals surface area contributed by atoms with Gasteiger partial charge in [0, 0.05) is 46.1 Å². The SMILES string of the molecule is C=C1OC(=O)N[C@]12CC1=C(c3ccn(C(F)F)n3)[C@H](c3ccc(F)cc3Cl)N=C(c3nccs3)N1C2. The second-order valence-corrected chi connectivity index (χ2v) is 9.76. The van der Waals surface area contributed by atoms with Gasteiger partial charge in [-0.3, -0.25) is 4.99 Å². The number of rotatable bonds is 4. The first kappa shape index (κ1) is 22.8. The summed E-state index contributed by atoms with van der Waals surface area (Å²) in [5, 5.41) is 9.45. The van der Waals surface area contributed by atoms with E-state index in [0.29, 0.717) is 32.4 Å². The maximum Gasteiger partial charge on any atom is 0.413 e. The van der Waals surface area contributed by atoms with E-state index in [-0.39, 0.29) is 29.4 Å². The highest BCUT2D eigenvalue weighted by Crippen LogP contribution is 2.50. The van der Waals surface area contributed by atoms with Gasteiger partial charge in [-0.1, -0.05) is 24.2 Å². The lowest BCUT2D eigenvalue weighted by molar-refractivity contribution is 0.0564. The van der Waals surface area contributed by atoms with Crippen LogP contribution >= 0.6 is 22.9 Å². The van der Waals surface area contributed by atoms with Crippen molar-refractivity contribution in [1.82, 2.24) is 25.0 Å². The van der Waals surface area contributed by atoms with Crippen molar-refractivity contribution in [3.63, 3.8) is 0 Å². The van der Waals surface area contributed by atoms with Crippen LogP contribution in [0.3, 0.4) is 0 Å². The van der Waals surface area contributed by atoms with Crippen LogP contribution in [0.5, 0.6) is 0 Å². The number of aromatic nitrogens is 3. The number of cyclic esters (lactones) is 1. The third-order valence-electron chi connectivity index (χ3n) is 6.37. The van der Waals surface area contributed by atoms with Gasteiger partial charge in [0.2, 0.25) is 0 Å². The number of fused-ring (bicyclic) bond motifs is 1. The van der Waals surface area contributed by atoms with Crippen molar-refractivity contribution in [3.05, 3.63) is 87.2 Å². The molecule has 2 saturated heterocycles. The van der Waals surface area contributed by atoms with E-state index in [1.807, 2.05) is 4.90 Å². The third-order valence-corrected chi connectivity index (χ3v) is 7.47. The Morgan fingerprint density at radius 3 is 2.81 bits per heavy atom. The van der Waals surface area contributed by atoms with Gasteiger partial charge in [-0.15, -0.1) is 11.3 Å². The molecule has 1 spiro atoms. The van der Waals surface area contributed by atoms with Gasteiger partial charge < -0.3 is 15.0 Å². The second-order valence-electron chi connectivity index (χ2n) is 8.46. The molecule has 0 radical (unpaired) electrons. The summed E-state index contributed by atoms with van der Waals surface area (Å²) in [4.78, 5) is 23.3. The van der Waals surface area contributed by atoms with E-state index in [0.717, 1.165) is 0 Å². The number of hydrogen-bond donors (Lipinski definition) is 1. The van der Waals surface area contributed by atoms with Crippen LogP contribution in [0.15, 0.2) is 65.1 Å². The van der Waals surface area contributed by atoms with E-state index in [1.165, 1.54) is 41.8 Å². The fraction of sp³-hybridized carbons (Fsp3) is 0.217. The molecule has 2 aromatic heterocycles. The van der Waals surface area contributed by atoms with Crippen LogP contribution in [0.2, 0.25) is 5.02 Å². The molecule has 1 N–H and O–H groups in total. The van der Waals surface area contributed by atoms with E-state index in [2.05, 4.69) is 22.0 Å². The Kier molecular flexibility index (Phi) is 5.20. The maximum atomic E-state index is 13.9. The lowest BCUT2D eigenvalue weighted by Gasteiger charge is -2.32. The molecule has 8 nitrogen and oxygen atoms in total. The number of benzene rings is 1. The Hall–Kier alpha value is -3.64. The van der Waals surface area contributed by atoms with Crippen LogP contribution in [-0.4, -0.2) is 43.7 Å². The van der Waals surface area contributed by atoms with Gasteiger partial charge in [0.1, 0.15) is 23.2 Å². The number of alkyl carbamates (subject to hydrolysis) is 1. The van der Waals surface area contributed by atoms with Crippen molar-refractivity contribution in [1.29, 1.82) is 0 Å². The Labute approximate surface area is 211 Å². The lowest BCUT2D eigenvalue weighted by Crippen LogP contribution is -2.45. The molecule has 0 saturated carbocycles. The smallest absolute Gasteiger partial charge is 0.413 e. The first-order valence-electron chi connectivity index (χ1n) is 10.7. The molecule has 184 valence electrons. The number of halogens is 4. The molecule has 3 aromatic rings. The van der Waals surface area contributed by atoms with Crippen molar-refractivity contribution in [2.24, 2.45) is 4.99 Å². The molecular weight excluding hydrogens is 517 g/mol. The van der Waals surface area contributed by atoms with Gasteiger partial charge in [0.15, 0.2) is 10.8 Å². The monoisotopic (exact) mass is 532 g/mol. The normalized spacial score (nSPS) is 23.4. The topological polar surface area (TPSA) is 84.6 Å². The first-order valence-corrected chi connectivity index (χ1v) is 12.0. The third kappa shape index (κ3) is 3.51. The number of amides is 1. The van der Waals surface area contributed by atoms with Gasteiger partial charge >= 0.3 is 12.6 Å². The van der Waals surface area contributed by atoms with Gasteiger partial charge in [0.25, 0.3) is 0 Å². The summed E-state index contributed by atoms with van der Waals surface area (Å²) in [6.45, 7) is 1.31. The highest BCUT2D eigenvalue weighted by Gasteiger charge is 2.54. The standard InChI is InChI=1S/C23H16ClF3N6O2S/c1-11-23(30-22(34)35-11)9-16-17(15-4-6-33(31-15)21(26)27)18(13-3-2-12(25)8-14(13)24)29-19(32(16)10-23)20-28-5-7-36-20/h2-8,18,21H,1,9-10H2,(H,30,34)/t18-,23-/m0/s1. The van der Waals surface area contributed by atoms with Gasteiger partial charge in [-0.2, -0.15) is 13.9 Å². The van der Waals surface area contributed by atoms with E-state index in [1.54, 1.807) is 11.6 Å². The molecule has 3 aliphatic heterocycles. The van der Waals surface area contributed by atoms with Crippen LogP contribution in [0.1, 0.15) is 35.3 Å². The molecule has 2 atom stereocenters. The molecule has 0 bridgehead atoms. The summed E-state index contributed by atoms with van der Waals surface area (Å²) in [5.74, 6) is 0.207. The molecule has 3 aliphatic rings. The minimum atomic E-state index is -2.84. The molecule has 13 heteroatoms. The van der Waals surface area contributed by atoms with Gasteiger partial charge in [0.05, 0.1) is 12.2 Å². The zero-order valence-electron chi connectivity index (χ0n) is 18.3. The number of thiazole rings is 1. The molecule has 5 heterocycles. The Balaban J connectivity index is 1.60. The second kappa shape index (κ2) is 8.20. The van der Waals surface area contributed by atoms with Gasteiger partial charge in [-0.05, 0) is 18.2 Å². The highest BCUT2D eigenvalue weighted by molar-refractivity contribution is 7.11. The molecule has 0 unspecified atom stereocenters. The predicted molar refractivity (Wildman–Crippen MR) is 126 cm³/mol. The Morgan fingerprint density at radius 1 is 1.33 bits per heavy atom. The minimum Gasteiger partial charge on any atom is -0.413 e. The summed E-state index contributed by atoms with van der Waals surface area (Å²) >= 11 is 7.82. The fourth-order valence-electron chi connectivity index (χ4n) is 4.76.